The molecule has 2 aromatic rings. The molecule has 1 aliphatic rings. The lowest BCUT2D eigenvalue weighted by Crippen LogP contribution is -2.51. The van der Waals surface area contributed by atoms with E-state index in [-0.39, 0.29) is 19.6 Å². The van der Waals surface area contributed by atoms with E-state index >= 15 is 0 Å². The summed E-state index contributed by atoms with van der Waals surface area (Å²) in [5.41, 5.74) is 2.06. The van der Waals surface area contributed by atoms with Crippen LogP contribution in [0.4, 0.5) is 5.69 Å². The van der Waals surface area contributed by atoms with Crippen molar-refractivity contribution in [3.63, 3.8) is 0 Å². The molecule has 0 spiro atoms. The summed E-state index contributed by atoms with van der Waals surface area (Å²) in [5, 5.41) is 3.25. The molecular formula is C21H26ClN3O5S. The third-order valence-corrected chi connectivity index (χ3v) is 7.40. The van der Waals surface area contributed by atoms with Gasteiger partial charge in [0.15, 0.2) is 0 Å². The normalized spacial score (nSPS) is 16.6. The molecule has 2 aromatic carbocycles. The van der Waals surface area contributed by atoms with Gasteiger partial charge in [0, 0.05) is 30.7 Å². The minimum Gasteiger partial charge on any atom is -0.497 e. The van der Waals surface area contributed by atoms with Gasteiger partial charge in [-0.1, -0.05) is 23.7 Å². The molecule has 3 rings (SSSR count). The van der Waals surface area contributed by atoms with E-state index in [4.69, 9.17) is 21.1 Å². The van der Waals surface area contributed by atoms with Crippen molar-refractivity contribution in [1.82, 2.24) is 8.61 Å². The van der Waals surface area contributed by atoms with Crippen LogP contribution >= 0.6 is 11.6 Å². The molecule has 0 aromatic heterocycles. The van der Waals surface area contributed by atoms with Crippen LogP contribution in [0.25, 0.3) is 0 Å². The Labute approximate surface area is 187 Å². The Morgan fingerprint density at radius 2 is 1.77 bits per heavy atom. The Bertz CT molecular complexity index is 1040. The van der Waals surface area contributed by atoms with Gasteiger partial charge >= 0.3 is 0 Å². The molecule has 0 radical (unpaired) electrons. The molecule has 10 heteroatoms. The van der Waals surface area contributed by atoms with E-state index < -0.39 is 16.1 Å². The highest BCUT2D eigenvalue weighted by molar-refractivity contribution is 7.86. The second kappa shape index (κ2) is 9.86. The van der Waals surface area contributed by atoms with Gasteiger partial charge in [0.2, 0.25) is 5.91 Å². The number of ether oxygens (including phenoxy) is 2. The maximum atomic E-state index is 13.1. The number of hydrogen-bond acceptors (Lipinski definition) is 5. The molecule has 8 nitrogen and oxygen atoms in total. The van der Waals surface area contributed by atoms with E-state index in [9.17, 15) is 13.2 Å². The zero-order valence-corrected chi connectivity index (χ0v) is 19.3. The minimum absolute atomic E-state index is 0.231. The van der Waals surface area contributed by atoms with Crippen LogP contribution in [0.2, 0.25) is 5.02 Å². The fourth-order valence-corrected chi connectivity index (χ4v) is 5.15. The van der Waals surface area contributed by atoms with E-state index in [0.717, 1.165) is 11.1 Å². The van der Waals surface area contributed by atoms with Gasteiger partial charge in [-0.05, 0) is 42.7 Å². The Morgan fingerprint density at radius 3 is 2.42 bits per heavy atom. The topological polar surface area (TPSA) is 88.2 Å². The first-order chi connectivity index (χ1) is 14.7. The first-order valence-electron chi connectivity index (χ1n) is 9.76. The average Bonchev–Trinajstić information content (AvgIpc) is 2.74. The quantitative estimate of drug-likeness (QED) is 0.676. The van der Waals surface area contributed by atoms with E-state index in [1.54, 1.807) is 31.4 Å². The standard InChI is InChI=1S/C21H26ClN3O5S/c1-15-11-19(20(30-3)12-18(15)22)23-21(26)14-25-10-4-9-24(31(25,27)28)13-16-5-7-17(29-2)8-6-16/h5-8,11-12H,4,9-10,13-14H2,1-3H3,(H,23,26). The smallest absolute Gasteiger partial charge is 0.282 e. The lowest BCUT2D eigenvalue weighted by Gasteiger charge is -2.34. The van der Waals surface area contributed by atoms with Crippen molar-refractivity contribution in [1.29, 1.82) is 0 Å². The van der Waals surface area contributed by atoms with Crippen molar-refractivity contribution >= 4 is 33.4 Å². The van der Waals surface area contributed by atoms with Crippen molar-refractivity contribution in [2.75, 3.05) is 39.2 Å². The van der Waals surface area contributed by atoms with E-state index in [1.165, 1.54) is 15.7 Å². The molecule has 1 amide bonds. The highest BCUT2D eigenvalue weighted by Crippen LogP contribution is 2.31. The number of benzene rings is 2. The number of hydrogen-bond donors (Lipinski definition) is 1. The largest absolute Gasteiger partial charge is 0.497 e. The Hall–Kier alpha value is -2.33. The number of carbonyl (C=O) groups excluding carboxylic acids is 1. The van der Waals surface area contributed by atoms with Gasteiger partial charge in [-0.3, -0.25) is 4.79 Å². The summed E-state index contributed by atoms with van der Waals surface area (Å²) >= 11 is 6.10. The van der Waals surface area contributed by atoms with Crippen LogP contribution in [0.5, 0.6) is 11.5 Å². The highest BCUT2D eigenvalue weighted by Gasteiger charge is 2.34. The van der Waals surface area contributed by atoms with Crippen molar-refractivity contribution in [2.45, 2.75) is 19.9 Å². The molecule has 0 saturated carbocycles. The lowest BCUT2D eigenvalue weighted by atomic mass is 10.2. The third kappa shape index (κ3) is 5.48. The number of carbonyl (C=O) groups is 1. The van der Waals surface area contributed by atoms with Crippen molar-refractivity contribution in [3.8, 4) is 11.5 Å². The lowest BCUT2D eigenvalue weighted by molar-refractivity contribution is -0.116. The summed E-state index contributed by atoms with van der Waals surface area (Å²) in [6, 6.07) is 10.5. The summed E-state index contributed by atoms with van der Waals surface area (Å²) in [6.45, 7) is 2.44. The maximum Gasteiger partial charge on any atom is 0.282 e. The van der Waals surface area contributed by atoms with Crippen LogP contribution in [0.1, 0.15) is 17.5 Å². The molecule has 1 N–H and O–H groups in total. The van der Waals surface area contributed by atoms with Gasteiger partial charge in [0.05, 0.1) is 26.5 Å². The van der Waals surface area contributed by atoms with Crippen LogP contribution in [0.15, 0.2) is 36.4 Å². The average molecular weight is 468 g/mol. The number of halogens is 1. The van der Waals surface area contributed by atoms with E-state index in [0.29, 0.717) is 35.2 Å². The number of amides is 1. The Morgan fingerprint density at radius 1 is 1.10 bits per heavy atom. The fraction of sp³-hybridized carbons (Fsp3) is 0.381. The monoisotopic (exact) mass is 467 g/mol. The molecule has 0 aliphatic carbocycles. The summed E-state index contributed by atoms with van der Waals surface area (Å²) in [5.74, 6) is 0.665. The molecule has 0 atom stereocenters. The van der Waals surface area contributed by atoms with E-state index in [1.807, 2.05) is 19.1 Å². The van der Waals surface area contributed by atoms with Gasteiger partial charge in [-0.2, -0.15) is 17.0 Å². The molecule has 0 unspecified atom stereocenters. The molecule has 168 valence electrons. The predicted octanol–water partition coefficient (Wildman–Crippen LogP) is 3.06. The predicted molar refractivity (Wildman–Crippen MR) is 120 cm³/mol. The molecule has 31 heavy (non-hydrogen) atoms. The summed E-state index contributed by atoms with van der Waals surface area (Å²) in [6.07, 6.45) is 0.631. The molecule has 1 heterocycles. The molecule has 1 aliphatic heterocycles. The van der Waals surface area contributed by atoms with Gasteiger partial charge in [0.1, 0.15) is 11.5 Å². The van der Waals surface area contributed by atoms with Crippen LogP contribution in [0.3, 0.4) is 0 Å². The number of nitrogens with zero attached hydrogens (tertiary/aromatic N) is 2. The summed E-state index contributed by atoms with van der Waals surface area (Å²) in [4.78, 5) is 12.6. The van der Waals surface area contributed by atoms with Crippen molar-refractivity contribution in [3.05, 3.63) is 52.5 Å². The first-order valence-corrected chi connectivity index (χ1v) is 11.5. The van der Waals surface area contributed by atoms with Gasteiger partial charge in [-0.25, -0.2) is 0 Å². The Kier molecular flexibility index (Phi) is 7.42. The van der Waals surface area contributed by atoms with Gasteiger partial charge < -0.3 is 14.8 Å². The van der Waals surface area contributed by atoms with Crippen LogP contribution in [0, 0.1) is 6.92 Å². The van der Waals surface area contributed by atoms with Crippen LogP contribution < -0.4 is 14.8 Å². The van der Waals surface area contributed by atoms with Crippen LogP contribution in [-0.4, -0.2) is 56.8 Å². The number of nitrogens with one attached hydrogen (secondary N) is 1. The number of methoxy groups -OCH3 is 2. The van der Waals surface area contributed by atoms with Gasteiger partial charge in [-0.15, -0.1) is 0 Å². The first kappa shape index (κ1) is 23.3. The fourth-order valence-electron chi connectivity index (χ4n) is 3.35. The SMILES string of the molecule is COc1ccc(CN2CCCN(CC(=O)Nc3cc(C)c(Cl)cc3OC)S2(=O)=O)cc1. The van der Waals surface area contributed by atoms with Crippen molar-refractivity contribution < 1.29 is 22.7 Å². The zero-order valence-electron chi connectivity index (χ0n) is 17.7. The highest BCUT2D eigenvalue weighted by atomic mass is 35.5. The molecule has 0 bridgehead atoms. The number of rotatable bonds is 7. The molecular weight excluding hydrogens is 442 g/mol. The second-order valence-electron chi connectivity index (χ2n) is 7.23. The van der Waals surface area contributed by atoms with Crippen molar-refractivity contribution in [2.24, 2.45) is 0 Å². The van der Waals surface area contributed by atoms with Crippen LogP contribution in [-0.2, 0) is 21.5 Å². The van der Waals surface area contributed by atoms with E-state index in [2.05, 4.69) is 5.32 Å². The summed E-state index contributed by atoms with van der Waals surface area (Å²) < 4.78 is 39.1. The third-order valence-electron chi connectivity index (χ3n) is 5.06. The zero-order chi connectivity index (χ0) is 22.6. The molecule has 1 fully saturated rings. The Balaban J connectivity index is 1.69. The number of anilines is 1. The summed E-state index contributed by atoms with van der Waals surface area (Å²) in [7, 11) is -0.722. The minimum atomic E-state index is -3.77. The van der Waals surface area contributed by atoms with Gasteiger partial charge in [0.25, 0.3) is 10.2 Å². The maximum absolute atomic E-state index is 13.1. The number of aryl methyl sites for hydroxylation is 1. The second-order valence-corrected chi connectivity index (χ2v) is 9.56. The molecule has 1 saturated heterocycles.